The van der Waals surface area contributed by atoms with Crippen LogP contribution in [-0.2, 0) is 13.3 Å². The molecule has 1 aliphatic heterocycles. The third-order valence-electron chi connectivity index (χ3n) is 4.69. The van der Waals surface area contributed by atoms with Gasteiger partial charge in [-0.1, -0.05) is 24.4 Å². The van der Waals surface area contributed by atoms with Gasteiger partial charge in [0, 0.05) is 0 Å². The van der Waals surface area contributed by atoms with E-state index in [4.69, 9.17) is 24.4 Å². The molecule has 3 rings (SSSR count). The Balaban J connectivity index is 2.32. The quantitative estimate of drug-likeness (QED) is 0.640. The number of nitrogens with one attached hydrogen (secondary N) is 2. The SMILES string of the molecule is Cc1c(C#N)c2n(c(=S)c1C#N)CNc1c(C#N)c(C)c(C#N)c(=S)n1CN2. The van der Waals surface area contributed by atoms with Gasteiger partial charge >= 0.3 is 0 Å². The number of nitrogens with zero attached hydrogens (tertiary/aromatic N) is 6. The smallest absolute Gasteiger partial charge is 0.128 e. The lowest BCUT2D eigenvalue weighted by Gasteiger charge is -2.27. The Hall–Kier alpha value is -3.70. The van der Waals surface area contributed by atoms with Gasteiger partial charge in [-0.2, -0.15) is 21.0 Å². The number of hydrogen-bond acceptors (Lipinski definition) is 8. The second-order valence-electron chi connectivity index (χ2n) is 6.03. The molecule has 0 saturated carbocycles. The molecule has 28 heavy (non-hydrogen) atoms. The first-order valence-corrected chi connectivity index (χ1v) is 8.85. The number of fused-ring (bicyclic) bond motifs is 2. The van der Waals surface area contributed by atoms with E-state index in [1.54, 1.807) is 23.0 Å². The van der Waals surface area contributed by atoms with Crippen molar-refractivity contribution in [2.45, 2.75) is 27.2 Å². The third-order valence-corrected chi connectivity index (χ3v) is 5.54. The molecule has 0 bridgehead atoms. The molecule has 0 spiro atoms. The van der Waals surface area contributed by atoms with Crippen molar-refractivity contribution in [3.63, 3.8) is 0 Å². The van der Waals surface area contributed by atoms with Crippen molar-refractivity contribution in [2.24, 2.45) is 0 Å². The monoisotopic (exact) mass is 404 g/mol. The predicted octanol–water partition coefficient (Wildman–Crippen LogP) is 3.30. The molecule has 0 atom stereocenters. The fourth-order valence-electron chi connectivity index (χ4n) is 3.18. The molecule has 0 unspecified atom stereocenters. The highest BCUT2D eigenvalue weighted by Gasteiger charge is 2.23. The first-order valence-electron chi connectivity index (χ1n) is 8.04. The van der Waals surface area contributed by atoms with Gasteiger partial charge in [0.1, 0.15) is 45.2 Å². The van der Waals surface area contributed by atoms with Crippen LogP contribution in [-0.4, -0.2) is 9.13 Å². The molecule has 0 aromatic carbocycles. The van der Waals surface area contributed by atoms with E-state index in [1.165, 1.54) is 0 Å². The van der Waals surface area contributed by atoms with Crippen LogP contribution in [0, 0.1) is 68.5 Å². The maximum absolute atomic E-state index is 9.62. The second kappa shape index (κ2) is 7.13. The Labute approximate surface area is 171 Å². The fourth-order valence-corrected chi connectivity index (χ4v) is 3.89. The Morgan fingerprint density at radius 3 is 1.29 bits per heavy atom. The molecule has 2 aromatic heterocycles. The summed E-state index contributed by atoms with van der Waals surface area (Å²) in [6, 6.07) is 8.35. The summed E-state index contributed by atoms with van der Waals surface area (Å²) in [7, 11) is 0. The van der Waals surface area contributed by atoms with Gasteiger partial charge in [-0.3, -0.25) is 9.13 Å². The van der Waals surface area contributed by atoms with Crippen LogP contribution in [0.1, 0.15) is 33.4 Å². The first kappa shape index (κ1) is 19.1. The number of aromatic nitrogens is 2. The summed E-state index contributed by atoms with van der Waals surface area (Å²) in [6.45, 7) is 3.57. The van der Waals surface area contributed by atoms with Crippen molar-refractivity contribution in [2.75, 3.05) is 10.6 Å². The summed E-state index contributed by atoms with van der Waals surface area (Å²) in [5.41, 5.74) is 2.11. The van der Waals surface area contributed by atoms with E-state index in [2.05, 4.69) is 34.9 Å². The minimum atomic E-state index is 0.111. The number of nitriles is 4. The molecule has 0 saturated heterocycles. The summed E-state index contributed by atoms with van der Waals surface area (Å²) < 4.78 is 3.79. The zero-order valence-electron chi connectivity index (χ0n) is 14.9. The van der Waals surface area contributed by atoms with Gasteiger partial charge in [0.05, 0.1) is 35.6 Å². The number of hydrogen-bond donors (Lipinski definition) is 2. The van der Waals surface area contributed by atoms with Crippen LogP contribution in [0.5, 0.6) is 0 Å². The molecule has 10 heteroatoms. The molecule has 0 radical (unpaired) electrons. The zero-order chi connectivity index (χ0) is 20.6. The van der Waals surface area contributed by atoms with Gasteiger partial charge in [0.25, 0.3) is 0 Å². The normalized spacial score (nSPS) is 11.6. The molecule has 0 aliphatic carbocycles. The topological polar surface area (TPSA) is 129 Å². The van der Waals surface area contributed by atoms with Crippen molar-refractivity contribution in [3.05, 3.63) is 42.7 Å². The molecule has 1 aliphatic rings. The number of anilines is 2. The average Bonchev–Trinajstić information content (AvgIpc) is 2.65. The molecule has 136 valence electrons. The Morgan fingerprint density at radius 1 is 0.679 bits per heavy atom. The Morgan fingerprint density at radius 2 is 1.00 bits per heavy atom. The van der Waals surface area contributed by atoms with Crippen LogP contribution >= 0.6 is 24.4 Å². The van der Waals surface area contributed by atoms with Crippen LogP contribution < -0.4 is 10.6 Å². The van der Waals surface area contributed by atoms with E-state index in [0.29, 0.717) is 33.9 Å². The molecule has 2 aromatic rings. The lowest BCUT2D eigenvalue weighted by Crippen LogP contribution is -2.27. The number of pyridine rings is 2. The molecule has 8 nitrogen and oxygen atoms in total. The maximum Gasteiger partial charge on any atom is 0.128 e. The van der Waals surface area contributed by atoms with Gasteiger partial charge < -0.3 is 10.6 Å². The lowest BCUT2D eigenvalue weighted by atomic mass is 10.1. The van der Waals surface area contributed by atoms with Crippen molar-refractivity contribution < 1.29 is 0 Å². The molecular weight excluding hydrogens is 392 g/mol. The van der Waals surface area contributed by atoms with Crippen molar-refractivity contribution >= 4 is 36.1 Å². The predicted molar refractivity (Wildman–Crippen MR) is 106 cm³/mol. The summed E-state index contributed by atoms with van der Waals surface area (Å²) in [5, 5.41) is 44.4. The minimum absolute atomic E-state index is 0.111. The second-order valence-corrected chi connectivity index (χ2v) is 6.80. The molecule has 0 fully saturated rings. The van der Waals surface area contributed by atoms with Gasteiger partial charge in [-0.25, -0.2) is 0 Å². The largest absolute Gasteiger partial charge is 0.352 e. The van der Waals surface area contributed by atoms with Gasteiger partial charge in [0.15, 0.2) is 0 Å². The first-order chi connectivity index (χ1) is 13.4. The summed E-state index contributed by atoms with van der Waals surface area (Å²) in [6.07, 6.45) is 0. The van der Waals surface area contributed by atoms with E-state index < -0.39 is 0 Å². The zero-order valence-corrected chi connectivity index (χ0v) is 16.5. The Kier molecular flexibility index (Phi) is 4.86. The fraction of sp³-hybridized carbons (Fsp3) is 0.222. The average molecular weight is 404 g/mol. The summed E-state index contributed by atoms with van der Waals surface area (Å²) in [5.74, 6) is 0.892. The van der Waals surface area contributed by atoms with Crippen LogP contribution in [0.3, 0.4) is 0 Å². The Bertz CT molecular complexity index is 1220. The van der Waals surface area contributed by atoms with Crippen LogP contribution in [0.15, 0.2) is 0 Å². The minimum Gasteiger partial charge on any atom is -0.352 e. The molecule has 2 N–H and O–H groups in total. The van der Waals surface area contributed by atoms with E-state index in [0.717, 1.165) is 0 Å². The van der Waals surface area contributed by atoms with Crippen molar-refractivity contribution in [1.29, 1.82) is 21.0 Å². The van der Waals surface area contributed by atoms with Crippen LogP contribution in [0.2, 0.25) is 0 Å². The summed E-state index contributed by atoms with van der Waals surface area (Å²) >= 11 is 10.9. The molecule has 0 amide bonds. The highest BCUT2D eigenvalue weighted by Crippen LogP contribution is 2.29. The molecular formula is C18H12N8S2. The lowest BCUT2D eigenvalue weighted by molar-refractivity contribution is 0.668. The van der Waals surface area contributed by atoms with Gasteiger partial charge in [-0.05, 0) is 25.0 Å². The highest BCUT2D eigenvalue weighted by atomic mass is 32.1. The summed E-state index contributed by atoms with van der Waals surface area (Å²) in [4.78, 5) is 0. The molecule has 3 heterocycles. The highest BCUT2D eigenvalue weighted by molar-refractivity contribution is 7.71. The van der Waals surface area contributed by atoms with Gasteiger partial charge in [0.2, 0.25) is 0 Å². The van der Waals surface area contributed by atoms with Crippen LogP contribution in [0.25, 0.3) is 0 Å². The van der Waals surface area contributed by atoms with E-state index in [1.807, 2.05) is 0 Å². The number of rotatable bonds is 0. The third kappa shape index (κ3) is 2.61. The van der Waals surface area contributed by atoms with E-state index >= 15 is 0 Å². The van der Waals surface area contributed by atoms with Gasteiger partial charge in [-0.15, -0.1) is 0 Å². The van der Waals surface area contributed by atoms with Crippen molar-refractivity contribution in [3.8, 4) is 24.3 Å². The van der Waals surface area contributed by atoms with Crippen LogP contribution in [0.4, 0.5) is 11.6 Å². The van der Waals surface area contributed by atoms with E-state index in [9.17, 15) is 21.0 Å². The standard InChI is InChI=1S/C18H12N8S2/c1-9-11(3-19)15-23-7-26-16(24-8-25(15)17(27)13(9)5-21)12(4-20)10(2)14(6-22)18(26)28/h23-24H,7-8H2,1-2H3. The van der Waals surface area contributed by atoms with Crippen molar-refractivity contribution in [1.82, 2.24) is 9.13 Å². The van der Waals surface area contributed by atoms with E-state index in [-0.39, 0.29) is 33.7 Å². The maximum atomic E-state index is 9.62.